The first-order valence-corrected chi connectivity index (χ1v) is 10.3. The fraction of sp³-hybridized carbons (Fsp3) is 0.231. The van der Waals surface area contributed by atoms with Crippen LogP contribution in [0, 0.1) is 30.0 Å². The summed E-state index contributed by atoms with van der Waals surface area (Å²) in [5, 5.41) is 12.6. The van der Waals surface area contributed by atoms with Crippen molar-refractivity contribution in [2.24, 2.45) is 5.92 Å². The van der Waals surface area contributed by atoms with Crippen LogP contribution < -0.4 is 10.1 Å². The minimum atomic E-state index is -1.13. The van der Waals surface area contributed by atoms with Crippen molar-refractivity contribution in [3.8, 4) is 17.6 Å². The van der Waals surface area contributed by atoms with Crippen LogP contribution >= 0.6 is 0 Å². The molecule has 0 amide bonds. The lowest BCUT2D eigenvalue weighted by Crippen LogP contribution is -2.37. The van der Waals surface area contributed by atoms with E-state index in [0.717, 1.165) is 5.56 Å². The molecule has 3 rings (SSSR count). The molecular formula is C26H25FN2O3. The van der Waals surface area contributed by atoms with Crippen LogP contribution in [0.25, 0.3) is 0 Å². The van der Waals surface area contributed by atoms with Gasteiger partial charge in [-0.3, -0.25) is 0 Å². The molecule has 3 aromatic carbocycles. The van der Waals surface area contributed by atoms with E-state index in [1.165, 1.54) is 6.07 Å². The number of hydrogen-bond donors (Lipinski definition) is 1. The number of benzene rings is 3. The van der Waals surface area contributed by atoms with E-state index in [9.17, 15) is 14.4 Å². The summed E-state index contributed by atoms with van der Waals surface area (Å²) in [5.74, 6) is -0.119. The van der Waals surface area contributed by atoms with Crippen molar-refractivity contribution < 1.29 is 18.7 Å². The Kier molecular flexibility index (Phi) is 7.45. The molecule has 0 fully saturated rings. The molecule has 0 spiro atoms. The molecule has 2 unspecified atom stereocenters. The average molecular weight is 432 g/mol. The lowest BCUT2D eigenvalue weighted by Gasteiger charge is -2.24. The van der Waals surface area contributed by atoms with Crippen molar-refractivity contribution in [3.05, 3.63) is 89.7 Å². The largest absolute Gasteiger partial charge is 0.457 e. The predicted molar refractivity (Wildman–Crippen MR) is 121 cm³/mol. The second-order valence-electron chi connectivity index (χ2n) is 7.78. The maximum Gasteiger partial charge on any atom is 0.330 e. The molecule has 0 radical (unpaired) electrons. The van der Waals surface area contributed by atoms with Gasteiger partial charge in [0.05, 0.1) is 5.69 Å². The molecule has 3 aromatic rings. The van der Waals surface area contributed by atoms with Crippen LogP contribution in [0.4, 0.5) is 10.1 Å². The number of aryl methyl sites for hydroxylation is 1. The Morgan fingerprint density at radius 3 is 2.38 bits per heavy atom. The molecule has 1 N–H and O–H groups in total. The molecule has 6 heteroatoms. The Labute approximate surface area is 187 Å². The zero-order valence-corrected chi connectivity index (χ0v) is 18.2. The molecule has 5 nitrogen and oxygen atoms in total. The first-order valence-electron chi connectivity index (χ1n) is 10.3. The van der Waals surface area contributed by atoms with Gasteiger partial charge in [0.25, 0.3) is 0 Å². The van der Waals surface area contributed by atoms with E-state index in [1.807, 2.05) is 50.2 Å². The van der Waals surface area contributed by atoms with E-state index in [-0.39, 0.29) is 11.6 Å². The van der Waals surface area contributed by atoms with Gasteiger partial charge in [-0.05, 0) is 54.8 Å². The Balaban J connectivity index is 1.75. The monoisotopic (exact) mass is 432 g/mol. The van der Waals surface area contributed by atoms with Gasteiger partial charge in [-0.2, -0.15) is 5.26 Å². The van der Waals surface area contributed by atoms with Gasteiger partial charge < -0.3 is 14.8 Å². The summed E-state index contributed by atoms with van der Waals surface area (Å²) in [7, 11) is 0. The summed E-state index contributed by atoms with van der Waals surface area (Å²) in [5.41, 5.74) is 1.47. The Morgan fingerprint density at radius 1 is 1.00 bits per heavy atom. The van der Waals surface area contributed by atoms with Crippen molar-refractivity contribution >= 4 is 11.7 Å². The third kappa shape index (κ3) is 5.86. The van der Waals surface area contributed by atoms with Crippen molar-refractivity contribution in [2.75, 3.05) is 5.32 Å². The second kappa shape index (κ2) is 10.5. The number of carbonyl (C=O) groups is 1. The van der Waals surface area contributed by atoms with Crippen molar-refractivity contribution in [2.45, 2.75) is 32.9 Å². The molecule has 32 heavy (non-hydrogen) atoms. The van der Waals surface area contributed by atoms with Crippen molar-refractivity contribution in [1.29, 1.82) is 5.26 Å². The van der Waals surface area contributed by atoms with Gasteiger partial charge in [0, 0.05) is 5.56 Å². The van der Waals surface area contributed by atoms with E-state index in [1.54, 1.807) is 43.3 Å². The molecule has 2 atom stereocenters. The normalized spacial score (nSPS) is 12.5. The first kappa shape index (κ1) is 22.8. The molecule has 0 bridgehead atoms. The number of carbonyl (C=O) groups excluding carboxylic acids is 1. The highest BCUT2D eigenvalue weighted by atomic mass is 19.1. The molecule has 0 aliphatic rings. The SMILES string of the molecule is Cc1ccc(NC(C(=O)OC(C#N)c2cccc(Oc3ccccc3)c2)C(C)C)c(F)c1. The summed E-state index contributed by atoms with van der Waals surface area (Å²) in [6.07, 6.45) is -1.13. The highest BCUT2D eigenvalue weighted by Crippen LogP contribution is 2.27. The molecule has 0 aliphatic carbocycles. The maximum atomic E-state index is 14.3. The topological polar surface area (TPSA) is 71.3 Å². The van der Waals surface area contributed by atoms with Crippen LogP contribution in [0.2, 0.25) is 0 Å². The summed E-state index contributed by atoms with van der Waals surface area (Å²) in [6.45, 7) is 5.43. The van der Waals surface area contributed by atoms with Crippen LogP contribution in [0.3, 0.4) is 0 Å². The smallest absolute Gasteiger partial charge is 0.330 e. The zero-order valence-electron chi connectivity index (χ0n) is 18.2. The molecule has 0 saturated carbocycles. The number of esters is 1. The maximum absolute atomic E-state index is 14.3. The van der Waals surface area contributed by atoms with Gasteiger partial charge in [-0.1, -0.05) is 50.2 Å². The summed E-state index contributed by atoms with van der Waals surface area (Å²) in [4.78, 5) is 12.9. The van der Waals surface area contributed by atoms with Crippen LogP contribution in [0.5, 0.6) is 11.5 Å². The van der Waals surface area contributed by atoms with E-state index >= 15 is 0 Å². The fourth-order valence-corrected chi connectivity index (χ4v) is 3.13. The number of ether oxygens (including phenoxy) is 2. The predicted octanol–water partition coefficient (Wildman–Crippen LogP) is 6.17. The highest BCUT2D eigenvalue weighted by molar-refractivity contribution is 5.80. The van der Waals surface area contributed by atoms with Gasteiger partial charge in [-0.25, -0.2) is 9.18 Å². The quantitative estimate of drug-likeness (QED) is 0.431. The van der Waals surface area contributed by atoms with Crippen molar-refractivity contribution in [3.63, 3.8) is 0 Å². The van der Waals surface area contributed by atoms with Gasteiger partial charge >= 0.3 is 5.97 Å². The average Bonchev–Trinajstić information content (AvgIpc) is 2.77. The lowest BCUT2D eigenvalue weighted by molar-refractivity contribution is -0.148. The highest BCUT2D eigenvalue weighted by Gasteiger charge is 2.28. The zero-order chi connectivity index (χ0) is 23.1. The van der Waals surface area contributed by atoms with Crippen LogP contribution in [0.1, 0.15) is 31.1 Å². The first-order chi connectivity index (χ1) is 15.4. The molecule has 0 heterocycles. The Hall–Kier alpha value is -3.85. The van der Waals surface area contributed by atoms with Gasteiger partial charge in [0.2, 0.25) is 6.10 Å². The number of nitrogens with zero attached hydrogens (tertiary/aromatic N) is 1. The summed E-state index contributed by atoms with van der Waals surface area (Å²) >= 11 is 0. The summed E-state index contributed by atoms with van der Waals surface area (Å²) in [6, 6.07) is 22.0. The molecular weight excluding hydrogens is 407 g/mol. The molecule has 164 valence electrons. The number of rotatable bonds is 8. The van der Waals surface area contributed by atoms with Crippen molar-refractivity contribution in [1.82, 2.24) is 0 Å². The van der Waals surface area contributed by atoms with Crippen LogP contribution in [-0.4, -0.2) is 12.0 Å². The van der Waals surface area contributed by atoms with E-state index in [2.05, 4.69) is 5.32 Å². The lowest BCUT2D eigenvalue weighted by atomic mass is 10.0. The number of nitriles is 1. The fourth-order valence-electron chi connectivity index (χ4n) is 3.13. The minimum absolute atomic E-state index is 0.199. The van der Waals surface area contributed by atoms with E-state index < -0.39 is 23.9 Å². The third-order valence-corrected chi connectivity index (χ3v) is 4.85. The number of anilines is 1. The van der Waals surface area contributed by atoms with Gasteiger partial charge in [0.1, 0.15) is 29.4 Å². The van der Waals surface area contributed by atoms with Crippen LogP contribution in [-0.2, 0) is 9.53 Å². The number of hydrogen-bond acceptors (Lipinski definition) is 5. The Morgan fingerprint density at radius 2 is 1.72 bits per heavy atom. The van der Waals surface area contributed by atoms with E-state index in [0.29, 0.717) is 17.1 Å². The van der Waals surface area contributed by atoms with E-state index in [4.69, 9.17) is 9.47 Å². The number of para-hydroxylation sites is 1. The molecule has 0 aromatic heterocycles. The number of nitrogens with one attached hydrogen (secondary N) is 1. The minimum Gasteiger partial charge on any atom is -0.457 e. The third-order valence-electron chi connectivity index (χ3n) is 4.85. The molecule has 0 saturated heterocycles. The molecule has 0 aliphatic heterocycles. The summed E-state index contributed by atoms with van der Waals surface area (Å²) < 4.78 is 25.6. The second-order valence-corrected chi connectivity index (χ2v) is 7.78. The van der Waals surface area contributed by atoms with Gasteiger partial charge in [-0.15, -0.1) is 0 Å². The van der Waals surface area contributed by atoms with Gasteiger partial charge in [0.15, 0.2) is 0 Å². The Bertz CT molecular complexity index is 1110. The standard InChI is InChI=1S/C26H25FN2O3/c1-17(2)25(29-23-13-12-18(3)14-22(23)27)26(30)32-24(16-28)19-8-7-11-21(15-19)31-20-9-5-4-6-10-20/h4-15,17,24-25,29H,1-3H3. The van der Waals surface area contributed by atoms with Crippen LogP contribution in [0.15, 0.2) is 72.8 Å². The number of halogens is 1.